The lowest BCUT2D eigenvalue weighted by Crippen LogP contribution is -2.48. The summed E-state index contributed by atoms with van der Waals surface area (Å²) in [7, 11) is 0. The number of nitrogens with two attached hydrogens (primary N) is 1. The predicted molar refractivity (Wildman–Crippen MR) is 72.9 cm³/mol. The molecular weight excluding hydrogens is 208 g/mol. The molecule has 0 amide bonds. The highest BCUT2D eigenvalue weighted by molar-refractivity contribution is 5.23. The molecule has 0 aliphatic carbocycles. The largest absolute Gasteiger partial charge is 0.326 e. The first kappa shape index (κ1) is 12.6. The lowest BCUT2D eigenvalue weighted by atomic mass is 9.92. The first-order chi connectivity index (χ1) is 8.08. The summed E-state index contributed by atoms with van der Waals surface area (Å²) in [6.45, 7) is 8.87. The van der Waals surface area contributed by atoms with Crippen molar-refractivity contribution >= 4 is 0 Å². The van der Waals surface area contributed by atoms with Crippen LogP contribution in [0.15, 0.2) is 24.3 Å². The van der Waals surface area contributed by atoms with Crippen LogP contribution in [-0.4, -0.2) is 24.0 Å². The third-order valence-corrected chi connectivity index (χ3v) is 4.16. The Hall–Kier alpha value is -0.860. The van der Waals surface area contributed by atoms with Gasteiger partial charge in [0.2, 0.25) is 0 Å². The third-order valence-electron chi connectivity index (χ3n) is 4.16. The summed E-state index contributed by atoms with van der Waals surface area (Å²) in [6.07, 6.45) is 1.22. The van der Waals surface area contributed by atoms with Gasteiger partial charge in [0.15, 0.2) is 0 Å². The van der Waals surface area contributed by atoms with Crippen LogP contribution in [0.3, 0.4) is 0 Å². The Bertz CT molecular complexity index is 358. The minimum atomic E-state index is 0.330. The molecule has 1 aromatic rings. The molecule has 0 saturated carbocycles. The number of benzene rings is 1. The van der Waals surface area contributed by atoms with Crippen LogP contribution in [0.4, 0.5) is 0 Å². The molecule has 2 rings (SSSR count). The number of nitrogens with zero attached hydrogens (tertiary/aromatic N) is 1. The van der Waals surface area contributed by atoms with Crippen LogP contribution in [0.1, 0.15) is 37.4 Å². The van der Waals surface area contributed by atoms with Gasteiger partial charge in [-0.3, -0.25) is 4.90 Å². The molecular formula is C15H24N2. The zero-order chi connectivity index (χ0) is 12.4. The van der Waals surface area contributed by atoms with Gasteiger partial charge < -0.3 is 5.73 Å². The van der Waals surface area contributed by atoms with Crippen molar-refractivity contribution in [3.05, 3.63) is 35.4 Å². The van der Waals surface area contributed by atoms with Crippen LogP contribution in [0, 0.1) is 12.8 Å². The molecule has 2 nitrogen and oxygen atoms in total. The normalized spacial score (nSPS) is 28.0. The first-order valence-electron chi connectivity index (χ1n) is 6.64. The molecule has 94 valence electrons. The van der Waals surface area contributed by atoms with Crippen LogP contribution in [-0.2, 0) is 0 Å². The summed E-state index contributed by atoms with van der Waals surface area (Å²) in [5, 5.41) is 0. The summed E-state index contributed by atoms with van der Waals surface area (Å²) < 4.78 is 0. The summed E-state index contributed by atoms with van der Waals surface area (Å²) in [6, 6.07) is 9.68. The Morgan fingerprint density at radius 2 is 1.94 bits per heavy atom. The van der Waals surface area contributed by atoms with Crippen molar-refractivity contribution in [3.63, 3.8) is 0 Å². The molecule has 2 heteroatoms. The van der Waals surface area contributed by atoms with E-state index in [1.165, 1.54) is 24.1 Å². The van der Waals surface area contributed by atoms with Crippen molar-refractivity contribution in [1.29, 1.82) is 0 Å². The van der Waals surface area contributed by atoms with Gasteiger partial charge in [0, 0.05) is 18.6 Å². The van der Waals surface area contributed by atoms with Crippen LogP contribution in [0.2, 0.25) is 0 Å². The molecule has 1 aliphatic rings. The van der Waals surface area contributed by atoms with E-state index in [0.29, 0.717) is 18.0 Å². The molecule has 1 saturated heterocycles. The van der Waals surface area contributed by atoms with E-state index in [9.17, 15) is 0 Å². The monoisotopic (exact) mass is 232 g/mol. The van der Waals surface area contributed by atoms with E-state index in [-0.39, 0.29) is 0 Å². The highest BCUT2D eigenvalue weighted by atomic mass is 15.2. The van der Waals surface area contributed by atoms with Gasteiger partial charge in [0.25, 0.3) is 0 Å². The smallest absolute Gasteiger partial charge is 0.0320 e. The molecule has 3 atom stereocenters. The van der Waals surface area contributed by atoms with E-state index in [2.05, 4.69) is 49.9 Å². The van der Waals surface area contributed by atoms with E-state index in [1.54, 1.807) is 0 Å². The molecule has 1 aliphatic heterocycles. The van der Waals surface area contributed by atoms with Crippen LogP contribution >= 0.6 is 0 Å². The number of aryl methyl sites for hydroxylation is 1. The van der Waals surface area contributed by atoms with Crippen molar-refractivity contribution in [3.8, 4) is 0 Å². The van der Waals surface area contributed by atoms with Gasteiger partial charge in [0.05, 0.1) is 0 Å². The summed E-state index contributed by atoms with van der Waals surface area (Å²) >= 11 is 0. The minimum absolute atomic E-state index is 0.330. The van der Waals surface area contributed by atoms with E-state index in [0.717, 1.165) is 6.54 Å². The van der Waals surface area contributed by atoms with E-state index in [4.69, 9.17) is 5.73 Å². The Morgan fingerprint density at radius 1 is 1.29 bits per heavy atom. The quantitative estimate of drug-likeness (QED) is 0.849. The molecule has 0 aromatic heterocycles. The number of rotatable bonds is 2. The average molecular weight is 232 g/mol. The number of hydrogen-bond donors (Lipinski definition) is 1. The third kappa shape index (κ3) is 2.88. The van der Waals surface area contributed by atoms with Crippen LogP contribution < -0.4 is 5.73 Å². The zero-order valence-electron chi connectivity index (χ0n) is 11.2. The summed E-state index contributed by atoms with van der Waals surface area (Å²) in [5.41, 5.74) is 8.89. The van der Waals surface area contributed by atoms with Crippen LogP contribution in [0.5, 0.6) is 0 Å². The molecule has 0 spiro atoms. The second kappa shape index (κ2) is 5.19. The van der Waals surface area contributed by atoms with Gasteiger partial charge in [-0.15, -0.1) is 0 Å². The van der Waals surface area contributed by atoms with Gasteiger partial charge >= 0.3 is 0 Å². The predicted octanol–water partition coefficient (Wildman–Crippen LogP) is 2.73. The number of piperidine rings is 1. The molecule has 0 radical (unpaired) electrons. The van der Waals surface area contributed by atoms with Crippen molar-refractivity contribution in [2.75, 3.05) is 13.1 Å². The minimum Gasteiger partial charge on any atom is -0.326 e. The molecule has 17 heavy (non-hydrogen) atoms. The van der Waals surface area contributed by atoms with Crippen molar-refractivity contribution in [2.24, 2.45) is 11.7 Å². The molecule has 1 heterocycles. The fourth-order valence-electron chi connectivity index (χ4n) is 2.53. The van der Waals surface area contributed by atoms with Gasteiger partial charge in [-0.05, 0) is 38.3 Å². The van der Waals surface area contributed by atoms with Gasteiger partial charge in [-0.1, -0.05) is 36.8 Å². The molecule has 0 bridgehead atoms. The fourth-order valence-corrected chi connectivity index (χ4v) is 2.53. The molecule has 2 N–H and O–H groups in total. The van der Waals surface area contributed by atoms with E-state index < -0.39 is 0 Å². The van der Waals surface area contributed by atoms with Crippen molar-refractivity contribution in [2.45, 2.75) is 39.3 Å². The lowest BCUT2D eigenvalue weighted by molar-refractivity contribution is 0.128. The molecule has 3 unspecified atom stereocenters. The highest BCUT2D eigenvalue weighted by Crippen LogP contribution is 2.25. The SMILES string of the molecule is Cc1ccc(C(C)N2CCC(C)C(N)C2)cc1. The summed E-state index contributed by atoms with van der Waals surface area (Å²) in [5.74, 6) is 0.663. The van der Waals surface area contributed by atoms with Crippen LogP contribution in [0.25, 0.3) is 0 Å². The standard InChI is InChI=1S/C15H24N2/c1-11-4-6-14(7-5-11)13(3)17-9-8-12(2)15(16)10-17/h4-7,12-13,15H,8-10,16H2,1-3H3. The van der Waals surface area contributed by atoms with E-state index in [1.807, 2.05) is 0 Å². The van der Waals surface area contributed by atoms with Gasteiger partial charge in [-0.2, -0.15) is 0 Å². The second-order valence-corrected chi connectivity index (χ2v) is 5.51. The van der Waals surface area contributed by atoms with E-state index >= 15 is 0 Å². The fraction of sp³-hybridized carbons (Fsp3) is 0.600. The second-order valence-electron chi connectivity index (χ2n) is 5.51. The number of likely N-dealkylation sites (tertiary alicyclic amines) is 1. The van der Waals surface area contributed by atoms with Crippen molar-refractivity contribution < 1.29 is 0 Å². The lowest BCUT2D eigenvalue weighted by Gasteiger charge is -2.38. The Labute approximate surface area is 105 Å². The Balaban J connectivity index is 2.05. The molecule has 1 fully saturated rings. The topological polar surface area (TPSA) is 29.3 Å². The maximum absolute atomic E-state index is 6.17. The Morgan fingerprint density at radius 3 is 2.53 bits per heavy atom. The summed E-state index contributed by atoms with van der Waals surface area (Å²) in [4.78, 5) is 2.51. The maximum atomic E-state index is 6.17. The molecule has 1 aromatic carbocycles. The Kier molecular flexibility index (Phi) is 3.85. The van der Waals surface area contributed by atoms with Gasteiger partial charge in [-0.25, -0.2) is 0 Å². The van der Waals surface area contributed by atoms with Gasteiger partial charge in [0.1, 0.15) is 0 Å². The maximum Gasteiger partial charge on any atom is 0.0320 e. The first-order valence-corrected chi connectivity index (χ1v) is 6.64. The number of hydrogen-bond acceptors (Lipinski definition) is 2. The average Bonchev–Trinajstić information content (AvgIpc) is 2.33. The highest BCUT2D eigenvalue weighted by Gasteiger charge is 2.26. The zero-order valence-corrected chi connectivity index (χ0v) is 11.2. The van der Waals surface area contributed by atoms with Crippen molar-refractivity contribution in [1.82, 2.24) is 4.90 Å².